The Labute approximate surface area is 179 Å². The van der Waals surface area contributed by atoms with Gasteiger partial charge >= 0.3 is 0 Å². The van der Waals surface area contributed by atoms with Gasteiger partial charge in [0.1, 0.15) is 17.2 Å². The Bertz CT molecular complexity index is 1370. The van der Waals surface area contributed by atoms with Crippen molar-refractivity contribution in [1.82, 2.24) is 19.5 Å². The Morgan fingerprint density at radius 2 is 1.68 bits per heavy atom. The Balaban J connectivity index is 1.77. The molecule has 2 N–H and O–H groups in total. The van der Waals surface area contributed by atoms with Crippen LogP contribution in [0.15, 0.2) is 79.0 Å². The fraction of sp³-hybridized carbons (Fsp3) is 0.0800. The summed E-state index contributed by atoms with van der Waals surface area (Å²) in [5.41, 5.74) is 12.1. The second kappa shape index (κ2) is 7.65. The lowest BCUT2D eigenvalue weighted by Crippen LogP contribution is -2.02. The summed E-state index contributed by atoms with van der Waals surface area (Å²) in [5.74, 6) is 0.803. The largest absolute Gasteiger partial charge is 0.383 e. The maximum atomic E-state index is 13.4. The molecule has 0 aliphatic heterocycles. The maximum absolute atomic E-state index is 13.4. The molecule has 0 saturated carbocycles. The monoisotopic (exact) mass is 409 g/mol. The van der Waals surface area contributed by atoms with E-state index < -0.39 is 0 Å². The molecule has 0 aliphatic rings. The highest BCUT2D eigenvalue weighted by molar-refractivity contribution is 5.84. The fourth-order valence-electron chi connectivity index (χ4n) is 3.65. The predicted octanol–water partition coefficient (Wildman–Crippen LogP) is 5.43. The topological polar surface area (TPSA) is 69.6 Å². The number of fused-ring (bicyclic) bond motifs is 1. The van der Waals surface area contributed by atoms with E-state index in [4.69, 9.17) is 15.7 Å². The number of nitrogens with zero attached hydrogens (tertiary/aromatic N) is 4. The summed E-state index contributed by atoms with van der Waals surface area (Å²) < 4.78 is 15.4. The van der Waals surface area contributed by atoms with Crippen molar-refractivity contribution in [1.29, 1.82) is 0 Å². The second-order valence-corrected chi connectivity index (χ2v) is 7.27. The zero-order valence-electron chi connectivity index (χ0n) is 17.0. The number of nitrogen functional groups attached to an aromatic ring is 1. The van der Waals surface area contributed by atoms with Crippen LogP contribution in [0.4, 0.5) is 10.2 Å². The van der Waals surface area contributed by atoms with Crippen LogP contribution in [0, 0.1) is 5.82 Å². The highest BCUT2D eigenvalue weighted by Crippen LogP contribution is 2.31. The van der Waals surface area contributed by atoms with Crippen LogP contribution in [-0.2, 0) is 6.42 Å². The van der Waals surface area contributed by atoms with Crippen molar-refractivity contribution >= 4 is 17.0 Å². The number of hydrogen-bond donors (Lipinski definition) is 1. The molecule has 3 aromatic heterocycles. The van der Waals surface area contributed by atoms with Crippen LogP contribution in [0.1, 0.15) is 12.5 Å². The van der Waals surface area contributed by atoms with Crippen LogP contribution in [0.3, 0.4) is 0 Å². The lowest BCUT2D eigenvalue weighted by molar-refractivity contribution is 0.628. The molecular formula is C25H20FN5. The van der Waals surface area contributed by atoms with E-state index in [-0.39, 0.29) is 5.82 Å². The van der Waals surface area contributed by atoms with Crippen molar-refractivity contribution in [2.75, 3.05) is 5.73 Å². The van der Waals surface area contributed by atoms with Gasteiger partial charge in [0.25, 0.3) is 0 Å². The zero-order valence-corrected chi connectivity index (χ0v) is 17.0. The average Bonchev–Trinajstić information content (AvgIpc) is 3.18. The van der Waals surface area contributed by atoms with Crippen LogP contribution in [0.2, 0.25) is 0 Å². The highest BCUT2D eigenvalue weighted by Gasteiger charge is 2.18. The van der Waals surface area contributed by atoms with E-state index in [9.17, 15) is 4.39 Å². The molecule has 0 radical (unpaired) electrons. The number of rotatable bonds is 4. The summed E-state index contributed by atoms with van der Waals surface area (Å²) in [6.45, 7) is 2.12. The van der Waals surface area contributed by atoms with E-state index in [1.165, 1.54) is 17.7 Å². The Morgan fingerprint density at radius 1 is 0.903 bits per heavy atom. The number of aryl methyl sites for hydroxylation is 1. The molecule has 0 spiro atoms. The first-order valence-electron chi connectivity index (χ1n) is 10.1. The van der Waals surface area contributed by atoms with E-state index in [1.54, 1.807) is 18.3 Å². The smallest absolute Gasteiger partial charge is 0.165 e. The van der Waals surface area contributed by atoms with Crippen molar-refractivity contribution in [3.05, 3.63) is 90.4 Å². The fourth-order valence-corrected chi connectivity index (χ4v) is 3.65. The molecule has 0 fully saturated rings. The third-order valence-electron chi connectivity index (χ3n) is 5.33. The minimum Gasteiger partial charge on any atom is -0.383 e. The molecule has 6 heteroatoms. The van der Waals surface area contributed by atoms with Crippen molar-refractivity contribution in [2.24, 2.45) is 0 Å². The lowest BCUT2D eigenvalue weighted by Gasteiger charge is -2.11. The van der Waals surface area contributed by atoms with E-state index in [0.717, 1.165) is 34.4 Å². The quantitative estimate of drug-likeness (QED) is 0.429. The Morgan fingerprint density at radius 3 is 2.39 bits per heavy atom. The summed E-state index contributed by atoms with van der Waals surface area (Å²) in [4.78, 5) is 13.9. The van der Waals surface area contributed by atoms with Gasteiger partial charge in [-0.15, -0.1) is 0 Å². The Hall–Kier alpha value is -4.06. The zero-order chi connectivity index (χ0) is 21.4. The second-order valence-electron chi connectivity index (χ2n) is 7.27. The van der Waals surface area contributed by atoms with Crippen LogP contribution < -0.4 is 5.73 Å². The van der Waals surface area contributed by atoms with Gasteiger partial charge in [-0.05, 0) is 72.6 Å². The molecule has 0 atom stereocenters. The Kier molecular flexibility index (Phi) is 4.67. The van der Waals surface area contributed by atoms with E-state index in [0.29, 0.717) is 17.3 Å². The molecule has 5 aromatic rings. The third kappa shape index (κ3) is 3.42. The van der Waals surface area contributed by atoms with Crippen molar-refractivity contribution < 1.29 is 4.39 Å². The first-order chi connectivity index (χ1) is 15.1. The van der Waals surface area contributed by atoms with Gasteiger partial charge in [0, 0.05) is 17.4 Å². The molecule has 0 aliphatic carbocycles. The SMILES string of the molecule is CCc1ccc(-n2c(-c3cccnc3N)nc3ccc(-c4ccc(F)cc4)nc32)cc1. The van der Waals surface area contributed by atoms with Crippen LogP contribution in [-0.4, -0.2) is 19.5 Å². The molecule has 0 amide bonds. The lowest BCUT2D eigenvalue weighted by atomic mass is 10.1. The number of nitrogens with two attached hydrogens (primary N) is 1. The number of anilines is 1. The van der Waals surface area contributed by atoms with E-state index in [2.05, 4.69) is 36.2 Å². The van der Waals surface area contributed by atoms with Gasteiger partial charge in [0.05, 0.1) is 11.3 Å². The van der Waals surface area contributed by atoms with Gasteiger partial charge in [-0.25, -0.2) is 19.3 Å². The number of pyridine rings is 2. The van der Waals surface area contributed by atoms with Crippen LogP contribution in [0.5, 0.6) is 0 Å². The molecule has 5 rings (SSSR count). The van der Waals surface area contributed by atoms with Crippen LogP contribution >= 0.6 is 0 Å². The van der Waals surface area contributed by atoms with Crippen molar-refractivity contribution in [3.8, 4) is 28.3 Å². The number of hydrogen-bond acceptors (Lipinski definition) is 4. The molecule has 31 heavy (non-hydrogen) atoms. The third-order valence-corrected chi connectivity index (χ3v) is 5.33. The van der Waals surface area contributed by atoms with Crippen molar-refractivity contribution in [3.63, 3.8) is 0 Å². The van der Waals surface area contributed by atoms with E-state index in [1.807, 2.05) is 28.8 Å². The molecular weight excluding hydrogens is 389 g/mol. The number of halogens is 1. The van der Waals surface area contributed by atoms with Gasteiger partial charge in [-0.3, -0.25) is 4.57 Å². The maximum Gasteiger partial charge on any atom is 0.165 e. The van der Waals surface area contributed by atoms with E-state index >= 15 is 0 Å². The minimum atomic E-state index is -0.278. The summed E-state index contributed by atoms with van der Waals surface area (Å²) in [7, 11) is 0. The van der Waals surface area contributed by atoms with Gasteiger partial charge in [-0.1, -0.05) is 19.1 Å². The molecule has 0 bridgehead atoms. The van der Waals surface area contributed by atoms with Gasteiger partial charge in [0.2, 0.25) is 0 Å². The van der Waals surface area contributed by atoms with Gasteiger partial charge in [0.15, 0.2) is 11.5 Å². The molecule has 3 heterocycles. The minimum absolute atomic E-state index is 0.278. The number of benzene rings is 2. The van der Waals surface area contributed by atoms with Gasteiger partial charge < -0.3 is 5.73 Å². The van der Waals surface area contributed by atoms with Gasteiger partial charge in [-0.2, -0.15) is 0 Å². The number of aromatic nitrogens is 4. The first-order valence-corrected chi connectivity index (χ1v) is 10.1. The average molecular weight is 409 g/mol. The number of imidazole rings is 1. The molecule has 0 unspecified atom stereocenters. The summed E-state index contributed by atoms with van der Waals surface area (Å²) >= 11 is 0. The predicted molar refractivity (Wildman–Crippen MR) is 121 cm³/mol. The molecule has 2 aromatic carbocycles. The molecule has 0 saturated heterocycles. The molecule has 5 nitrogen and oxygen atoms in total. The normalized spacial score (nSPS) is 11.2. The molecule has 152 valence electrons. The summed E-state index contributed by atoms with van der Waals surface area (Å²) in [5, 5.41) is 0. The summed E-state index contributed by atoms with van der Waals surface area (Å²) in [6.07, 6.45) is 2.62. The standard InChI is InChI=1S/C25H20FN5/c1-2-16-5-11-19(12-6-16)31-24(20-4-3-15-28-23(20)27)30-22-14-13-21(29-25(22)31)17-7-9-18(26)10-8-17/h3-15H,2H2,1H3,(H2,27,28). The van der Waals surface area contributed by atoms with Crippen LogP contribution in [0.25, 0.3) is 39.5 Å². The first kappa shape index (κ1) is 18.9. The van der Waals surface area contributed by atoms with Crippen molar-refractivity contribution in [2.45, 2.75) is 13.3 Å². The highest BCUT2D eigenvalue weighted by atomic mass is 19.1. The summed E-state index contributed by atoms with van der Waals surface area (Å²) in [6, 6.07) is 22.2.